The summed E-state index contributed by atoms with van der Waals surface area (Å²) in [6, 6.07) is 10.1. The van der Waals surface area contributed by atoms with E-state index in [1.54, 1.807) is 6.07 Å². The monoisotopic (exact) mass is 437 g/mol. The Morgan fingerprint density at radius 2 is 1.83 bits per heavy atom. The number of benzene rings is 2. The zero-order valence-electron chi connectivity index (χ0n) is 16.5. The Morgan fingerprint density at radius 3 is 2.57 bits per heavy atom. The summed E-state index contributed by atoms with van der Waals surface area (Å²) in [6.45, 7) is 4.10. The molecule has 2 aromatic carbocycles. The molecule has 0 unspecified atom stereocenters. The Hall–Kier alpha value is -2.19. The van der Waals surface area contributed by atoms with Gasteiger partial charge in [-0.25, -0.2) is 9.37 Å². The first kappa shape index (κ1) is 21.1. The van der Waals surface area contributed by atoms with E-state index in [-0.39, 0.29) is 5.82 Å². The van der Waals surface area contributed by atoms with E-state index in [0.717, 1.165) is 37.3 Å². The van der Waals surface area contributed by atoms with Crippen LogP contribution in [0.2, 0.25) is 0 Å². The maximum Gasteiger partial charge on any atom is 0.416 e. The van der Waals surface area contributed by atoms with Gasteiger partial charge in [-0.3, -0.25) is 0 Å². The van der Waals surface area contributed by atoms with Gasteiger partial charge in [-0.15, -0.1) is 0 Å². The number of halogens is 4. The van der Waals surface area contributed by atoms with E-state index in [4.69, 9.17) is 0 Å². The fourth-order valence-corrected chi connectivity index (χ4v) is 4.80. The number of piperidine rings is 1. The Balaban J connectivity index is 1.60. The van der Waals surface area contributed by atoms with E-state index < -0.39 is 11.7 Å². The van der Waals surface area contributed by atoms with Gasteiger partial charge in [0.1, 0.15) is 5.82 Å². The summed E-state index contributed by atoms with van der Waals surface area (Å²) in [5.74, 6) is -0.303. The zero-order chi connectivity index (χ0) is 21.1. The quantitative estimate of drug-likeness (QED) is 0.445. The van der Waals surface area contributed by atoms with Gasteiger partial charge >= 0.3 is 6.18 Å². The topological polar surface area (TPSA) is 19.4 Å². The van der Waals surface area contributed by atoms with Crippen molar-refractivity contribution >= 4 is 26.7 Å². The summed E-state index contributed by atoms with van der Waals surface area (Å²) < 4.78 is 53.4. The minimum Gasteiger partial charge on any atom is -0.342 e. The van der Waals surface area contributed by atoms with Crippen LogP contribution < -0.4 is 4.90 Å². The molecule has 1 aliphatic rings. The molecule has 160 valence electrons. The van der Waals surface area contributed by atoms with Gasteiger partial charge in [0.2, 0.25) is 0 Å². The minimum atomic E-state index is -4.38. The average Bonchev–Trinajstić information content (AvgIpc) is 3.14. The average molecular weight is 438 g/mol. The molecular formula is C22H23F4N3S. The van der Waals surface area contributed by atoms with Crippen LogP contribution in [0.1, 0.15) is 30.4 Å². The van der Waals surface area contributed by atoms with Crippen LogP contribution in [-0.4, -0.2) is 36.1 Å². The molecule has 1 aromatic heterocycles. The molecule has 0 amide bonds. The van der Waals surface area contributed by atoms with Crippen LogP contribution in [0.5, 0.6) is 0 Å². The zero-order valence-corrected chi connectivity index (χ0v) is 17.3. The highest BCUT2D eigenvalue weighted by Gasteiger charge is 2.31. The Kier molecular flexibility index (Phi) is 6.24. The van der Waals surface area contributed by atoms with E-state index in [9.17, 15) is 17.6 Å². The molecule has 3 nitrogen and oxygen atoms in total. The molecule has 0 radical (unpaired) electrons. The highest BCUT2D eigenvalue weighted by Crippen LogP contribution is 2.35. The van der Waals surface area contributed by atoms with Gasteiger partial charge < -0.3 is 9.80 Å². The Labute approximate surface area is 176 Å². The lowest BCUT2D eigenvalue weighted by Gasteiger charge is -2.30. The maximum atomic E-state index is 13.7. The molecule has 0 aliphatic carbocycles. The van der Waals surface area contributed by atoms with Crippen LogP contribution in [0.3, 0.4) is 0 Å². The highest BCUT2D eigenvalue weighted by molar-refractivity contribution is 7.22. The van der Waals surface area contributed by atoms with Crippen molar-refractivity contribution in [2.75, 3.05) is 31.1 Å². The molecule has 2 heterocycles. The third-order valence-electron chi connectivity index (χ3n) is 5.37. The first-order valence-corrected chi connectivity index (χ1v) is 10.9. The van der Waals surface area contributed by atoms with Gasteiger partial charge in [-0.1, -0.05) is 29.9 Å². The molecule has 3 aromatic rings. The number of likely N-dealkylation sites (tertiary alicyclic amines) is 1. The van der Waals surface area contributed by atoms with Crippen molar-refractivity contribution < 1.29 is 17.6 Å². The third-order valence-corrected chi connectivity index (χ3v) is 6.45. The van der Waals surface area contributed by atoms with Gasteiger partial charge in [0.15, 0.2) is 5.13 Å². The van der Waals surface area contributed by atoms with Crippen molar-refractivity contribution in [3.05, 3.63) is 59.4 Å². The van der Waals surface area contributed by atoms with Crippen LogP contribution in [0.15, 0.2) is 42.5 Å². The smallest absolute Gasteiger partial charge is 0.342 e. The normalized spacial score (nSPS) is 15.6. The fraction of sp³-hybridized carbons (Fsp3) is 0.409. The molecule has 0 bridgehead atoms. The molecule has 1 aliphatic heterocycles. The van der Waals surface area contributed by atoms with Gasteiger partial charge in [0.25, 0.3) is 0 Å². The summed E-state index contributed by atoms with van der Waals surface area (Å²) in [6.07, 6.45) is -0.757. The van der Waals surface area contributed by atoms with Gasteiger partial charge in [-0.05, 0) is 61.8 Å². The second-order valence-corrected chi connectivity index (χ2v) is 8.64. The number of hydrogen-bond acceptors (Lipinski definition) is 4. The van der Waals surface area contributed by atoms with Gasteiger partial charge in [0, 0.05) is 19.6 Å². The van der Waals surface area contributed by atoms with Crippen molar-refractivity contribution in [1.82, 2.24) is 9.88 Å². The highest BCUT2D eigenvalue weighted by atomic mass is 32.1. The molecule has 4 rings (SSSR count). The molecule has 1 saturated heterocycles. The van der Waals surface area contributed by atoms with Crippen LogP contribution in [0.4, 0.5) is 22.7 Å². The van der Waals surface area contributed by atoms with E-state index >= 15 is 0 Å². The van der Waals surface area contributed by atoms with E-state index in [2.05, 4.69) is 9.88 Å². The third kappa shape index (κ3) is 5.10. The van der Waals surface area contributed by atoms with E-state index in [1.807, 2.05) is 11.0 Å². The van der Waals surface area contributed by atoms with E-state index in [1.165, 1.54) is 48.8 Å². The predicted octanol–water partition coefficient (Wildman–Crippen LogP) is 5.95. The largest absolute Gasteiger partial charge is 0.416 e. The molecule has 30 heavy (non-hydrogen) atoms. The van der Waals surface area contributed by atoms with Crippen LogP contribution in [0, 0.1) is 5.82 Å². The lowest BCUT2D eigenvalue weighted by Crippen LogP contribution is -2.37. The van der Waals surface area contributed by atoms with Crippen molar-refractivity contribution in [2.45, 2.75) is 32.0 Å². The molecule has 8 heteroatoms. The summed E-state index contributed by atoms with van der Waals surface area (Å²) in [7, 11) is 0. The summed E-state index contributed by atoms with van der Waals surface area (Å²) in [5.41, 5.74) is 0.685. The van der Waals surface area contributed by atoms with Crippen molar-refractivity contribution in [3.63, 3.8) is 0 Å². The van der Waals surface area contributed by atoms with Crippen LogP contribution in [-0.2, 0) is 12.7 Å². The number of thiazole rings is 1. The maximum absolute atomic E-state index is 13.7. The van der Waals surface area contributed by atoms with E-state index in [0.29, 0.717) is 28.4 Å². The molecule has 0 atom stereocenters. The second-order valence-electron chi connectivity index (χ2n) is 7.63. The van der Waals surface area contributed by atoms with Gasteiger partial charge in [0.05, 0.1) is 15.8 Å². The Bertz CT molecular complexity index is 995. The number of rotatable bonds is 6. The molecular weight excluding hydrogens is 414 g/mol. The summed E-state index contributed by atoms with van der Waals surface area (Å²) in [4.78, 5) is 9.03. The molecule has 0 saturated carbocycles. The SMILES string of the molecule is Fc1cccc(CN(CCN2CCCCC2)c2nc3ccc(C(F)(F)F)cc3s2)c1. The second kappa shape index (κ2) is 8.89. The first-order valence-electron chi connectivity index (χ1n) is 10.1. The first-order chi connectivity index (χ1) is 14.4. The Morgan fingerprint density at radius 1 is 1.03 bits per heavy atom. The van der Waals surface area contributed by atoms with Crippen molar-refractivity contribution in [3.8, 4) is 0 Å². The summed E-state index contributed by atoms with van der Waals surface area (Å²) >= 11 is 1.25. The van der Waals surface area contributed by atoms with Crippen LogP contribution >= 0.6 is 11.3 Å². The number of nitrogens with zero attached hydrogens (tertiary/aromatic N) is 3. The van der Waals surface area contributed by atoms with Crippen molar-refractivity contribution in [1.29, 1.82) is 0 Å². The number of anilines is 1. The standard InChI is InChI=1S/C22H23F4N3S/c23-18-6-4-5-16(13-18)15-29(12-11-28-9-2-1-3-10-28)21-27-19-8-7-17(22(24,25)26)14-20(19)30-21/h4-8,13-14H,1-3,9-12,15H2. The van der Waals surface area contributed by atoms with Gasteiger partial charge in [-0.2, -0.15) is 13.2 Å². The summed E-state index contributed by atoms with van der Waals surface area (Å²) in [5, 5.41) is 0.658. The lowest BCUT2D eigenvalue weighted by molar-refractivity contribution is -0.137. The lowest BCUT2D eigenvalue weighted by atomic mass is 10.1. The number of fused-ring (bicyclic) bond motifs is 1. The molecule has 0 spiro atoms. The fourth-order valence-electron chi connectivity index (χ4n) is 3.77. The number of hydrogen-bond donors (Lipinski definition) is 0. The molecule has 0 N–H and O–H groups in total. The minimum absolute atomic E-state index is 0.303. The number of alkyl halides is 3. The predicted molar refractivity (Wildman–Crippen MR) is 112 cm³/mol. The van der Waals surface area contributed by atoms with Crippen LogP contribution in [0.25, 0.3) is 10.2 Å². The molecule has 1 fully saturated rings. The number of aromatic nitrogens is 1. The van der Waals surface area contributed by atoms with Crippen molar-refractivity contribution in [2.24, 2.45) is 0 Å².